The van der Waals surface area contributed by atoms with Crippen LogP contribution < -0.4 is 10.1 Å². The lowest BCUT2D eigenvalue weighted by molar-refractivity contribution is -0.122. The van der Waals surface area contributed by atoms with Gasteiger partial charge in [0.1, 0.15) is 11.5 Å². The molecule has 0 radical (unpaired) electrons. The topological polar surface area (TPSA) is 58.6 Å². The number of benzene rings is 2. The number of carbonyl (C=O) groups excluding carboxylic acids is 1. The van der Waals surface area contributed by atoms with Crippen LogP contribution in [-0.2, 0) is 11.2 Å². The minimum absolute atomic E-state index is 0.125. The number of carbonyl (C=O) groups is 1. The van der Waals surface area contributed by atoms with Crippen LogP contribution in [0.5, 0.6) is 11.5 Å². The Bertz CT molecular complexity index is 639. The van der Waals surface area contributed by atoms with Gasteiger partial charge in [-0.25, -0.2) is 0 Å². The summed E-state index contributed by atoms with van der Waals surface area (Å²) in [5.41, 5.74) is 1.96. The number of phenols is 1. The predicted octanol–water partition coefficient (Wildman–Crippen LogP) is 2.72. The molecule has 0 spiro atoms. The van der Waals surface area contributed by atoms with Crippen LogP contribution in [0.2, 0.25) is 0 Å². The molecular weight excluding hydrogens is 254 g/mol. The zero-order chi connectivity index (χ0) is 13.9. The monoisotopic (exact) mass is 269 g/mol. The summed E-state index contributed by atoms with van der Waals surface area (Å²) in [6.45, 7) is 0. The number of fused-ring (bicyclic) bond motifs is 1. The number of phenolic OH excluding ortho intramolecular Hbond substituents is 1. The number of nitrogens with one attached hydrogen (secondary N) is 1. The first-order valence-corrected chi connectivity index (χ1v) is 6.57. The van der Waals surface area contributed by atoms with Crippen LogP contribution in [0.1, 0.15) is 12.0 Å². The Morgan fingerprint density at radius 1 is 1.15 bits per heavy atom. The SMILES string of the molecule is O=C1Nc2ccccc2CCC1Oc1cccc(O)c1. The van der Waals surface area contributed by atoms with Gasteiger partial charge in [-0.05, 0) is 36.6 Å². The second-order valence-electron chi connectivity index (χ2n) is 4.79. The molecule has 0 saturated heterocycles. The Hall–Kier alpha value is -2.49. The molecule has 3 rings (SSSR count). The van der Waals surface area contributed by atoms with E-state index in [0.29, 0.717) is 12.2 Å². The highest BCUT2D eigenvalue weighted by atomic mass is 16.5. The van der Waals surface area contributed by atoms with E-state index < -0.39 is 6.10 Å². The van der Waals surface area contributed by atoms with Gasteiger partial charge < -0.3 is 15.2 Å². The molecule has 0 saturated carbocycles. The van der Waals surface area contributed by atoms with E-state index in [1.54, 1.807) is 18.2 Å². The lowest BCUT2D eigenvalue weighted by atomic mass is 10.1. The fourth-order valence-electron chi connectivity index (χ4n) is 2.32. The molecule has 0 aromatic heterocycles. The van der Waals surface area contributed by atoms with E-state index in [-0.39, 0.29) is 11.7 Å². The summed E-state index contributed by atoms with van der Waals surface area (Å²) in [5.74, 6) is 0.467. The molecule has 2 aromatic carbocycles. The van der Waals surface area contributed by atoms with Gasteiger partial charge in [-0.3, -0.25) is 4.79 Å². The molecule has 1 atom stereocenters. The fraction of sp³-hybridized carbons (Fsp3) is 0.188. The smallest absolute Gasteiger partial charge is 0.265 e. The van der Waals surface area contributed by atoms with E-state index in [1.165, 1.54) is 6.07 Å². The number of para-hydroxylation sites is 1. The number of aromatic hydroxyl groups is 1. The van der Waals surface area contributed by atoms with Crippen LogP contribution in [-0.4, -0.2) is 17.1 Å². The fourth-order valence-corrected chi connectivity index (χ4v) is 2.32. The molecule has 4 nitrogen and oxygen atoms in total. The van der Waals surface area contributed by atoms with Crippen LogP contribution >= 0.6 is 0 Å². The van der Waals surface area contributed by atoms with Gasteiger partial charge in [0.2, 0.25) is 0 Å². The normalized spacial score (nSPS) is 17.8. The number of amides is 1. The van der Waals surface area contributed by atoms with E-state index in [9.17, 15) is 9.90 Å². The molecule has 2 aromatic rings. The highest BCUT2D eigenvalue weighted by Gasteiger charge is 2.25. The summed E-state index contributed by atoms with van der Waals surface area (Å²) in [5, 5.41) is 12.3. The van der Waals surface area contributed by atoms with Crippen molar-refractivity contribution < 1.29 is 14.6 Å². The summed E-state index contributed by atoms with van der Waals surface area (Å²) in [4.78, 5) is 12.2. The molecule has 0 fully saturated rings. The van der Waals surface area contributed by atoms with Crippen LogP contribution in [0.15, 0.2) is 48.5 Å². The second kappa shape index (κ2) is 5.25. The Balaban J connectivity index is 1.78. The maximum atomic E-state index is 12.2. The van der Waals surface area contributed by atoms with Gasteiger partial charge in [0, 0.05) is 11.8 Å². The predicted molar refractivity (Wildman–Crippen MR) is 75.9 cm³/mol. The largest absolute Gasteiger partial charge is 0.508 e. The quantitative estimate of drug-likeness (QED) is 0.881. The van der Waals surface area contributed by atoms with Gasteiger partial charge in [0.25, 0.3) is 5.91 Å². The molecule has 0 aliphatic carbocycles. The van der Waals surface area contributed by atoms with E-state index in [2.05, 4.69) is 5.32 Å². The summed E-state index contributed by atoms with van der Waals surface area (Å²) in [7, 11) is 0. The maximum Gasteiger partial charge on any atom is 0.265 e. The number of aryl methyl sites for hydroxylation is 1. The third kappa shape index (κ3) is 2.59. The van der Waals surface area contributed by atoms with E-state index in [1.807, 2.05) is 24.3 Å². The van der Waals surface area contributed by atoms with Crippen molar-refractivity contribution in [1.82, 2.24) is 0 Å². The van der Waals surface area contributed by atoms with Crippen molar-refractivity contribution in [2.24, 2.45) is 0 Å². The first-order chi connectivity index (χ1) is 9.72. The number of ether oxygens (including phenoxy) is 1. The van der Waals surface area contributed by atoms with Crippen LogP contribution in [0.3, 0.4) is 0 Å². The molecule has 0 bridgehead atoms. The van der Waals surface area contributed by atoms with Crippen LogP contribution in [0.4, 0.5) is 5.69 Å². The molecule has 2 N–H and O–H groups in total. The van der Waals surface area contributed by atoms with Crippen molar-refractivity contribution in [2.75, 3.05) is 5.32 Å². The van der Waals surface area contributed by atoms with E-state index in [4.69, 9.17) is 4.74 Å². The minimum atomic E-state index is -0.552. The molecule has 20 heavy (non-hydrogen) atoms. The van der Waals surface area contributed by atoms with Gasteiger partial charge >= 0.3 is 0 Å². The van der Waals surface area contributed by atoms with Gasteiger partial charge in [-0.2, -0.15) is 0 Å². The van der Waals surface area contributed by atoms with Crippen LogP contribution in [0, 0.1) is 0 Å². The second-order valence-corrected chi connectivity index (χ2v) is 4.79. The lowest BCUT2D eigenvalue weighted by Gasteiger charge is -2.15. The highest BCUT2D eigenvalue weighted by Crippen LogP contribution is 2.25. The highest BCUT2D eigenvalue weighted by molar-refractivity contribution is 5.95. The first kappa shape index (κ1) is 12.5. The number of hydrogen-bond acceptors (Lipinski definition) is 3. The third-order valence-corrected chi connectivity index (χ3v) is 3.34. The van der Waals surface area contributed by atoms with Gasteiger partial charge in [0.05, 0.1) is 0 Å². The Kier molecular flexibility index (Phi) is 3.29. The Labute approximate surface area is 117 Å². The van der Waals surface area contributed by atoms with E-state index in [0.717, 1.165) is 17.7 Å². The Morgan fingerprint density at radius 3 is 2.85 bits per heavy atom. The lowest BCUT2D eigenvalue weighted by Crippen LogP contribution is -2.31. The van der Waals surface area contributed by atoms with E-state index >= 15 is 0 Å². The van der Waals surface area contributed by atoms with Crippen molar-refractivity contribution in [2.45, 2.75) is 18.9 Å². The van der Waals surface area contributed by atoms with Crippen LogP contribution in [0.25, 0.3) is 0 Å². The standard InChI is InChI=1S/C16H15NO3/c18-12-5-3-6-13(10-12)20-15-9-8-11-4-1-2-7-14(11)17-16(15)19/h1-7,10,15,18H,8-9H2,(H,17,19). The van der Waals surface area contributed by atoms with Gasteiger partial charge in [-0.15, -0.1) is 0 Å². The third-order valence-electron chi connectivity index (χ3n) is 3.34. The zero-order valence-electron chi connectivity index (χ0n) is 10.9. The molecular formula is C16H15NO3. The average Bonchev–Trinajstić information content (AvgIpc) is 2.59. The summed E-state index contributed by atoms with van der Waals surface area (Å²) in [6.07, 6.45) is 0.834. The summed E-state index contributed by atoms with van der Waals surface area (Å²) >= 11 is 0. The number of hydrogen-bond donors (Lipinski definition) is 2. The molecule has 1 aliphatic heterocycles. The zero-order valence-corrected chi connectivity index (χ0v) is 10.9. The summed E-state index contributed by atoms with van der Waals surface area (Å²) in [6, 6.07) is 14.2. The first-order valence-electron chi connectivity index (χ1n) is 6.57. The molecule has 1 amide bonds. The average molecular weight is 269 g/mol. The molecule has 1 heterocycles. The van der Waals surface area contributed by atoms with Crippen molar-refractivity contribution in [3.63, 3.8) is 0 Å². The van der Waals surface area contributed by atoms with Crippen molar-refractivity contribution in [3.05, 3.63) is 54.1 Å². The van der Waals surface area contributed by atoms with Crippen molar-refractivity contribution >= 4 is 11.6 Å². The number of rotatable bonds is 2. The molecule has 1 unspecified atom stereocenters. The molecule has 4 heteroatoms. The molecule has 1 aliphatic rings. The summed E-state index contributed by atoms with van der Waals surface area (Å²) < 4.78 is 5.69. The van der Waals surface area contributed by atoms with Gasteiger partial charge in [-0.1, -0.05) is 24.3 Å². The minimum Gasteiger partial charge on any atom is -0.508 e. The van der Waals surface area contributed by atoms with Crippen molar-refractivity contribution in [1.29, 1.82) is 0 Å². The Morgan fingerprint density at radius 2 is 2.00 bits per heavy atom. The molecule has 102 valence electrons. The van der Waals surface area contributed by atoms with Gasteiger partial charge in [0.15, 0.2) is 6.10 Å². The number of anilines is 1. The maximum absolute atomic E-state index is 12.2. The van der Waals surface area contributed by atoms with Crippen molar-refractivity contribution in [3.8, 4) is 11.5 Å².